The van der Waals surface area contributed by atoms with E-state index in [9.17, 15) is 8.78 Å². The average Bonchev–Trinajstić information content (AvgIpc) is 3.05. The third kappa shape index (κ3) is 3.21. The number of ether oxygens (including phenoxy) is 2. The zero-order chi connectivity index (χ0) is 18.1. The van der Waals surface area contributed by atoms with Crippen molar-refractivity contribution >= 4 is 23.1 Å². The van der Waals surface area contributed by atoms with Crippen LogP contribution in [0.4, 0.5) is 31.9 Å². The summed E-state index contributed by atoms with van der Waals surface area (Å²) in [5, 5.41) is 5.71. The number of para-hydroxylation sites is 1. The predicted octanol–water partition coefficient (Wildman–Crippen LogP) is 4.28. The van der Waals surface area contributed by atoms with Crippen LogP contribution in [-0.2, 0) is 0 Å². The van der Waals surface area contributed by atoms with E-state index in [-0.39, 0.29) is 24.2 Å². The minimum atomic E-state index is -0.702. The zero-order valence-corrected chi connectivity index (χ0v) is 13.7. The van der Waals surface area contributed by atoms with Crippen LogP contribution in [0.25, 0.3) is 0 Å². The molecule has 0 atom stereocenters. The molecule has 26 heavy (non-hydrogen) atoms. The molecule has 1 aromatic heterocycles. The third-order valence-corrected chi connectivity index (χ3v) is 3.70. The van der Waals surface area contributed by atoms with Crippen LogP contribution in [0.3, 0.4) is 0 Å². The first-order valence-electron chi connectivity index (χ1n) is 7.82. The van der Waals surface area contributed by atoms with Crippen LogP contribution in [0.2, 0.25) is 0 Å². The highest BCUT2D eigenvalue weighted by atomic mass is 19.1. The van der Waals surface area contributed by atoms with Crippen molar-refractivity contribution in [3.63, 3.8) is 0 Å². The number of nitrogens with zero attached hydrogens (tertiary/aromatic N) is 2. The Kier molecular flexibility index (Phi) is 4.00. The lowest BCUT2D eigenvalue weighted by molar-refractivity contribution is 0.174. The molecule has 132 valence electrons. The Morgan fingerprint density at radius 1 is 0.923 bits per heavy atom. The predicted molar refractivity (Wildman–Crippen MR) is 92.3 cm³/mol. The second-order valence-corrected chi connectivity index (χ2v) is 5.63. The fourth-order valence-electron chi connectivity index (χ4n) is 2.54. The van der Waals surface area contributed by atoms with Gasteiger partial charge in [0.2, 0.25) is 12.7 Å². The number of benzene rings is 2. The van der Waals surface area contributed by atoms with Gasteiger partial charge in [-0.15, -0.1) is 0 Å². The second-order valence-electron chi connectivity index (χ2n) is 5.63. The van der Waals surface area contributed by atoms with E-state index in [0.29, 0.717) is 22.9 Å². The smallest absolute Gasteiger partial charge is 0.231 e. The Hall–Kier alpha value is -3.42. The first-order valence-corrected chi connectivity index (χ1v) is 7.82. The van der Waals surface area contributed by atoms with Gasteiger partial charge in [0, 0.05) is 23.5 Å². The van der Waals surface area contributed by atoms with Gasteiger partial charge < -0.3 is 20.1 Å². The standard InChI is InChI=1S/C18H14F2N4O2/c1-10-7-16(23-17-12(19)3-2-4-13(17)20)24-18(21-10)22-11-5-6-14-15(8-11)26-9-25-14/h2-8H,9H2,1H3,(H2,21,22,23,24). The molecule has 0 radical (unpaired) electrons. The normalized spacial score (nSPS) is 12.1. The van der Waals surface area contributed by atoms with Gasteiger partial charge in [-0.2, -0.15) is 4.98 Å². The maximum atomic E-state index is 13.8. The van der Waals surface area contributed by atoms with Crippen molar-refractivity contribution in [3.8, 4) is 11.5 Å². The summed E-state index contributed by atoms with van der Waals surface area (Å²) in [5.74, 6) is 0.429. The number of anilines is 4. The van der Waals surface area contributed by atoms with Crippen molar-refractivity contribution in [1.29, 1.82) is 0 Å². The highest BCUT2D eigenvalue weighted by Gasteiger charge is 2.14. The molecular formula is C18H14F2N4O2. The van der Waals surface area contributed by atoms with Gasteiger partial charge in [0.05, 0.1) is 0 Å². The fraction of sp³-hybridized carbons (Fsp3) is 0.111. The summed E-state index contributed by atoms with van der Waals surface area (Å²) in [4.78, 5) is 8.55. The van der Waals surface area contributed by atoms with Crippen molar-refractivity contribution in [2.45, 2.75) is 6.92 Å². The highest BCUT2D eigenvalue weighted by molar-refractivity contribution is 5.63. The Balaban J connectivity index is 1.60. The molecule has 2 N–H and O–H groups in total. The molecule has 4 rings (SSSR count). The molecule has 0 fully saturated rings. The van der Waals surface area contributed by atoms with Crippen molar-refractivity contribution in [2.75, 3.05) is 17.4 Å². The molecule has 0 saturated heterocycles. The van der Waals surface area contributed by atoms with Crippen molar-refractivity contribution < 1.29 is 18.3 Å². The van der Waals surface area contributed by atoms with Gasteiger partial charge in [0.25, 0.3) is 0 Å². The maximum absolute atomic E-state index is 13.8. The molecule has 3 aromatic rings. The maximum Gasteiger partial charge on any atom is 0.231 e. The van der Waals surface area contributed by atoms with Crippen LogP contribution in [0.5, 0.6) is 11.5 Å². The van der Waals surface area contributed by atoms with Crippen molar-refractivity contribution in [2.24, 2.45) is 0 Å². The number of hydrogen-bond acceptors (Lipinski definition) is 6. The number of rotatable bonds is 4. The van der Waals surface area contributed by atoms with Gasteiger partial charge in [-0.1, -0.05) is 6.07 Å². The molecule has 0 saturated carbocycles. The Morgan fingerprint density at radius 3 is 2.50 bits per heavy atom. The molecule has 0 spiro atoms. The van der Waals surface area contributed by atoms with E-state index in [1.807, 2.05) is 0 Å². The fourth-order valence-corrected chi connectivity index (χ4v) is 2.54. The minimum Gasteiger partial charge on any atom is -0.454 e. The molecule has 1 aliphatic heterocycles. The lowest BCUT2D eigenvalue weighted by atomic mass is 10.3. The summed E-state index contributed by atoms with van der Waals surface area (Å²) in [7, 11) is 0. The molecule has 8 heteroatoms. The average molecular weight is 356 g/mol. The Morgan fingerprint density at radius 2 is 1.69 bits per heavy atom. The number of aromatic nitrogens is 2. The van der Waals surface area contributed by atoms with Gasteiger partial charge in [-0.3, -0.25) is 0 Å². The monoisotopic (exact) mass is 356 g/mol. The summed E-state index contributed by atoms with van der Waals surface area (Å²) < 4.78 is 38.2. The molecule has 0 bridgehead atoms. The Labute approximate surface area is 147 Å². The molecule has 0 amide bonds. The van der Waals surface area contributed by atoms with E-state index in [1.165, 1.54) is 18.2 Å². The summed E-state index contributed by atoms with van der Waals surface area (Å²) in [5.41, 5.74) is 1.06. The van der Waals surface area contributed by atoms with Crippen LogP contribution in [-0.4, -0.2) is 16.8 Å². The lowest BCUT2D eigenvalue weighted by Crippen LogP contribution is -2.04. The Bertz CT molecular complexity index is 961. The summed E-state index contributed by atoms with van der Waals surface area (Å²) in [6.07, 6.45) is 0. The van der Waals surface area contributed by atoms with E-state index in [1.54, 1.807) is 31.2 Å². The van der Waals surface area contributed by atoms with Gasteiger partial charge >= 0.3 is 0 Å². The molecule has 6 nitrogen and oxygen atoms in total. The van der Waals surface area contributed by atoms with Crippen LogP contribution in [0, 0.1) is 18.6 Å². The summed E-state index contributed by atoms with van der Waals surface area (Å²) in [6, 6.07) is 10.6. The molecule has 2 aromatic carbocycles. The van der Waals surface area contributed by atoms with Gasteiger partial charge in [-0.25, -0.2) is 13.8 Å². The topological polar surface area (TPSA) is 68.3 Å². The van der Waals surface area contributed by atoms with Crippen LogP contribution >= 0.6 is 0 Å². The molecule has 1 aliphatic rings. The quantitative estimate of drug-likeness (QED) is 0.727. The summed E-state index contributed by atoms with van der Waals surface area (Å²) >= 11 is 0. The molecule has 0 unspecified atom stereocenters. The number of fused-ring (bicyclic) bond motifs is 1. The van der Waals surface area contributed by atoms with E-state index < -0.39 is 11.6 Å². The van der Waals surface area contributed by atoms with Crippen LogP contribution in [0.1, 0.15) is 5.69 Å². The first kappa shape index (κ1) is 16.1. The zero-order valence-electron chi connectivity index (χ0n) is 13.7. The van der Waals surface area contributed by atoms with Crippen molar-refractivity contribution in [1.82, 2.24) is 9.97 Å². The number of hydrogen-bond donors (Lipinski definition) is 2. The van der Waals surface area contributed by atoms with Gasteiger partial charge in [-0.05, 0) is 31.2 Å². The van der Waals surface area contributed by atoms with Crippen LogP contribution in [0.15, 0.2) is 42.5 Å². The molecule has 0 aliphatic carbocycles. The second kappa shape index (κ2) is 6.47. The number of aryl methyl sites for hydroxylation is 1. The number of halogens is 2. The SMILES string of the molecule is Cc1cc(Nc2c(F)cccc2F)nc(Nc2ccc3c(c2)OCO3)n1. The van der Waals surface area contributed by atoms with Crippen molar-refractivity contribution in [3.05, 3.63) is 59.8 Å². The highest BCUT2D eigenvalue weighted by Crippen LogP contribution is 2.35. The number of nitrogens with one attached hydrogen (secondary N) is 2. The van der Waals surface area contributed by atoms with E-state index in [4.69, 9.17) is 9.47 Å². The molecule has 2 heterocycles. The summed E-state index contributed by atoms with van der Waals surface area (Å²) in [6.45, 7) is 1.94. The molecular weight excluding hydrogens is 342 g/mol. The van der Waals surface area contributed by atoms with E-state index in [0.717, 1.165) is 0 Å². The van der Waals surface area contributed by atoms with Gasteiger partial charge in [0.1, 0.15) is 23.1 Å². The van der Waals surface area contributed by atoms with Crippen LogP contribution < -0.4 is 20.1 Å². The third-order valence-electron chi connectivity index (χ3n) is 3.70. The van der Waals surface area contributed by atoms with E-state index in [2.05, 4.69) is 20.6 Å². The van der Waals surface area contributed by atoms with Gasteiger partial charge in [0.15, 0.2) is 11.5 Å². The largest absolute Gasteiger partial charge is 0.454 e. The minimum absolute atomic E-state index is 0.183. The lowest BCUT2D eigenvalue weighted by Gasteiger charge is -2.11. The first-order chi connectivity index (χ1) is 12.6. The van der Waals surface area contributed by atoms with E-state index >= 15 is 0 Å².